The van der Waals surface area contributed by atoms with Crippen molar-refractivity contribution in [3.05, 3.63) is 58.1 Å². The quantitative estimate of drug-likeness (QED) is 0.655. The summed E-state index contributed by atoms with van der Waals surface area (Å²) in [5, 5.41) is 0. The van der Waals surface area contributed by atoms with Crippen molar-refractivity contribution < 1.29 is 19.1 Å². The van der Waals surface area contributed by atoms with Gasteiger partial charge in [-0.15, -0.1) is 0 Å². The molecule has 0 radical (unpaired) electrons. The van der Waals surface area contributed by atoms with E-state index < -0.39 is 5.54 Å². The number of rotatable bonds is 4. The van der Waals surface area contributed by atoms with Gasteiger partial charge in [0.25, 0.3) is 5.91 Å². The molecule has 1 aromatic carbocycles. The molecule has 37 heavy (non-hydrogen) atoms. The third kappa shape index (κ3) is 4.06. The third-order valence-corrected chi connectivity index (χ3v) is 8.33. The fourth-order valence-corrected chi connectivity index (χ4v) is 6.54. The Labute approximate surface area is 219 Å². The molecule has 1 unspecified atom stereocenters. The molecule has 8 heteroatoms. The Balaban J connectivity index is 1.48. The van der Waals surface area contributed by atoms with E-state index in [-0.39, 0.29) is 17.9 Å². The molecule has 1 atom stereocenters. The molecule has 2 fully saturated rings. The van der Waals surface area contributed by atoms with E-state index in [2.05, 4.69) is 18.0 Å². The molecule has 198 valence electrons. The second-order valence-corrected chi connectivity index (χ2v) is 10.6. The summed E-state index contributed by atoms with van der Waals surface area (Å²) in [6, 6.07) is 5.99. The maximum absolute atomic E-state index is 13.9. The lowest BCUT2D eigenvalue weighted by atomic mass is 9.80. The fourth-order valence-electron chi connectivity index (χ4n) is 6.54. The van der Waals surface area contributed by atoms with Crippen LogP contribution in [0.25, 0.3) is 0 Å². The van der Waals surface area contributed by atoms with Crippen molar-refractivity contribution in [2.24, 2.45) is 5.92 Å². The number of likely N-dealkylation sites (N-methyl/N-ethyl adjacent to an activating group) is 1. The summed E-state index contributed by atoms with van der Waals surface area (Å²) in [5.41, 5.74) is 5.49. The molecule has 5 rings (SSSR count). The summed E-state index contributed by atoms with van der Waals surface area (Å²) >= 11 is 0. The van der Waals surface area contributed by atoms with Crippen LogP contribution in [0.4, 0.5) is 4.79 Å². The molecule has 8 nitrogen and oxygen atoms in total. The first-order valence-corrected chi connectivity index (χ1v) is 13.2. The zero-order chi connectivity index (χ0) is 26.5. The van der Waals surface area contributed by atoms with Crippen LogP contribution in [-0.4, -0.2) is 71.0 Å². The van der Waals surface area contributed by atoms with E-state index in [1.807, 2.05) is 53.7 Å². The van der Waals surface area contributed by atoms with Gasteiger partial charge in [-0.2, -0.15) is 0 Å². The number of likely N-dealkylation sites (tertiary alicyclic amines) is 1. The number of amides is 3. The van der Waals surface area contributed by atoms with Crippen LogP contribution in [0.5, 0.6) is 11.5 Å². The minimum atomic E-state index is -0.405. The number of aromatic nitrogens is 1. The summed E-state index contributed by atoms with van der Waals surface area (Å²) in [6.45, 7) is 10.5. The Bertz CT molecular complexity index is 1250. The van der Waals surface area contributed by atoms with Gasteiger partial charge < -0.3 is 24.3 Å². The summed E-state index contributed by atoms with van der Waals surface area (Å²) in [5.74, 6) is 1.78. The normalized spacial score (nSPS) is 20.8. The summed E-state index contributed by atoms with van der Waals surface area (Å²) in [4.78, 5) is 36.3. The van der Waals surface area contributed by atoms with Gasteiger partial charge in [0.1, 0.15) is 17.2 Å². The molecule has 4 heterocycles. The van der Waals surface area contributed by atoms with Crippen molar-refractivity contribution in [3.63, 3.8) is 0 Å². The molecule has 2 aromatic rings. The number of hydrogen-bond acceptors (Lipinski definition) is 4. The SMILES string of the molecule is CCN1C(=O)N2Cc3cc(OC)cc(OC)c3CC(C)C=C2C12CCN(C(=O)c1[nH]c(C)cc1C)CC2. The van der Waals surface area contributed by atoms with Gasteiger partial charge in [0, 0.05) is 37.1 Å². The second-order valence-electron chi connectivity index (χ2n) is 10.6. The molecular weight excluding hydrogens is 468 g/mol. The minimum Gasteiger partial charge on any atom is -0.497 e. The number of nitrogens with zero attached hydrogens (tertiary/aromatic N) is 3. The lowest BCUT2D eigenvalue weighted by Gasteiger charge is -2.44. The third-order valence-electron chi connectivity index (χ3n) is 8.33. The zero-order valence-electron chi connectivity index (χ0n) is 22.8. The van der Waals surface area contributed by atoms with Crippen molar-refractivity contribution in [1.82, 2.24) is 19.7 Å². The first kappa shape index (κ1) is 25.2. The number of methoxy groups -OCH3 is 2. The van der Waals surface area contributed by atoms with E-state index in [4.69, 9.17) is 9.47 Å². The number of carbonyl (C=O) groups is 2. The molecule has 0 aliphatic carbocycles. The van der Waals surface area contributed by atoms with Gasteiger partial charge in [-0.3, -0.25) is 9.69 Å². The van der Waals surface area contributed by atoms with Gasteiger partial charge in [0.2, 0.25) is 0 Å². The molecule has 3 amide bonds. The molecule has 3 aliphatic heterocycles. The highest BCUT2D eigenvalue weighted by atomic mass is 16.5. The van der Waals surface area contributed by atoms with Gasteiger partial charge in [-0.05, 0) is 74.8 Å². The number of ether oxygens (including phenoxy) is 2. The standard InChI is InChI=1S/C29H38N4O4/c1-7-33-28(35)32-17-21-15-22(36-5)16-24(37-6)23(21)12-18(2)13-25(32)29(33)8-10-31(11-9-29)27(34)26-19(3)14-20(4)30-26/h13-16,18,30H,7-12,17H2,1-6H3. The summed E-state index contributed by atoms with van der Waals surface area (Å²) in [6.07, 6.45) is 4.56. The minimum absolute atomic E-state index is 0.0335. The number of carbonyl (C=O) groups excluding carboxylic acids is 2. The van der Waals surface area contributed by atoms with E-state index in [1.165, 1.54) is 0 Å². The molecular formula is C29H38N4O4. The number of benzene rings is 1. The van der Waals surface area contributed by atoms with Gasteiger partial charge >= 0.3 is 6.03 Å². The number of piperidine rings is 1. The average molecular weight is 507 g/mol. The lowest BCUT2D eigenvalue weighted by Crippen LogP contribution is -2.54. The molecule has 3 aliphatic rings. The first-order valence-electron chi connectivity index (χ1n) is 13.2. The fraction of sp³-hybridized carbons (Fsp3) is 0.517. The molecule has 2 saturated heterocycles. The molecule has 1 aromatic heterocycles. The van der Waals surface area contributed by atoms with Gasteiger partial charge in [0.05, 0.1) is 26.3 Å². The Morgan fingerprint density at radius 2 is 1.86 bits per heavy atom. The van der Waals surface area contributed by atoms with E-state index in [0.717, 1.165) is 58.8 Å². The number of nitrogens with one attached hydrogen (secondary N) is 1. The Morgan fingerprint density at radius 3 is 2.46 bits per heavy atom. The number of urea groups is 1. The van der Waals surface area contributed by atoms with Crippen LogP contribution >= 0.6 is 0 Å². The highest BCUT2D eigenvalue weighted by molar-refractivity contribution is 5.94. The van der Waals surface area contributed by atoms with Crippen molar-refractivity contribution in [1.29, 1.82) is 0 Å². The number of fused-ring (bicyclic) bond motifs is 3. The van der Waals surface area contributed by atoms with Crippen LogP contribution in [0.3, 0.4) is 0 Å². The van der Waals surface area contributed by atoms with E-state index in [1.54, 1.807) is 14.2 Å². The molecule has 1 N–H and O–H groups in total. The number of allylic oxidation sites excluding steroid dienone is 1. The lowest BCUT2D eigenvalue weighted by molar-refractivity contribution is 0.0569. The van der Waals surface area contributed by atoms with Gasteiger partial charge in [-0.1, -0.05) is 13.0 Å². The molecule has 1 spiro atoms. The highest BCUT2D eigenvalue weighted by Crippen LogP contribution is 2.47. The van der Waals surface area contributed by atoms with Crippen molar-refractivity contribution in [3.8, 4) is 11.5 Å². The predicted octanol–water partition coefficient (Wildman–Crippen LogP) is 4.66. The first-order chi connectivity index (χ1) is 17.7. The number of aromatic amines is 1. The summed E-state index contributed by atoms with van der Waals surface area (Å²) < 4.78 is 11.3. The highest BCUT2D eigenvalue weighted by Gasteiger charge is 2.55. The van der Waals surface area contributed by atoms with Crippen LogP contribution in [0.2, 0.25) is 0 Å². The maximum atomic E-state index is 13.9. The Kier molecular flexibility index (Phi) is 6.46. The van der Waals surface area contributed by atoms with Crippen LogP contribution in [0.15, 0.2) is 30.0 Å². The zero-order valence-corrected chi connectivity index (χ0v) is 22.8. The number of hydrogen-bond donors (Lipinski definition) is 1. The second kappa shape index (κ2) is 9.47. The number of H-pyrrole nitrogens is 1. The predicted molar refractivity (Wildman–Crippen MR) is 142 cm³/mol. The largest absolute Gasteiger partial charge is 0.497 e. The van der Waals surface area contributed by atoms with Crippen molar-refractivity contribution in [2.45, 2.75) is 59.0 Å². The maximum Gasteiger partial charge on any atom is 0.325 e. The van der Waals surface area contributed by atoms with E-state index >= 15 is 0 Å². The van der Waals surface area contributed by atoms with Crippen molar-refractivity contribution >= 4 is 11.9 Å². The van der Waals surface area contributed by atoms with E-state index in [0.29, 0.717) is 31.9 Å². The van der Waals surface area contributed by atoms with Crippen LogP contribution in [0.1, 0.15) is 59.6 Å². The summed E-state index contributed by atoms with van der Waals surface area (Å²) in [7, 11) is 3.33. The van der Waals surface area contributed by atoms with Crippen LogP contribution in [-0.2, 0) is 13.0 Å². The Morgan fingerprint density at radius 1 is 1.14 bits per heavy atom. The average Bonchev–Trinajstić information content (AvgIpc) is 3.31. The van der Waals surface area contributed by atoms with Crippen molar-refractivity contribution in [2.75, 3.05) is 33.9 Å². The molecule has 0 bridgehead atoms. The smallest absolute Gasteiger partial charge is 0.325 e. The Hall–Kier alpha value is -3.42. The van der Waals surface area contributed by atoms with Gasteiger partial charge in [-0.25, -0.2) is 4.79 Å². The van der Waals surface area contributed by atoms with Crippen LogP contribution in [0, 0.1) is 19.8 Å². The van der Waals surface area contributed by atoms with Crippen LogP contribution < -0.4 is 9.47 Å². The monoisotopic (exact) mass is 506 g/mol. The topological polar surface area (TPSA) is 78.1 Å². The van der Waals surface area contributed by atoms with E-state index in [9.17, 15) is 9.59 Å². The van der Waals surface area contributed by atoms with Gasteiger partial charge in [0.15, 0.2) is 0 Å². The molecule has 0 saturated carbocycles. The number of aryl methyl sites for hydroxylation is 2.